The van der Waals surface area contributed by atoms with Gasteiger partial charge in [0.2, 0.25) is 5.28 Å². The number of carbonyl (C=O) groups is 1. The summed E-state index contributed by atoms with van der Waals surface area (Å²) in [6, 6.07) is 0. The maximum atomic E-state index is 10.4. The molecule has 0 N–H and O–H groups in total. The summed E-state index contributed by atoms with van der Waals surface area (Å²) in [5.41, 5.74) is -0.0268. The number of hydrogen-bond donors (Lipinski definition) is 0. The minimum absolute atomic E-state index is 0.0810. The molecule has 0 amide bonds. The monoisotopic (exact) mass is 205 g/mol. The second-order valence-corrected chi connectivity index (χ2v) is 2.73. The number of nitrogens with zero attached hydrogens (tertiary/aromatic N) is 2. The molecule has 6 heteroatoms. The molecule has 0 saturated carbocycles. The number of carboxylic acid groups (broad SMARTS) is 1. The van der Waals surface area contributed by atoms with Crippen molar-refractivity contribution in [1.29, 1.82) is 0 Å². The zero-order valence-electron chi connectivity index (χ0n) is 5.97. The van der Waals surface area contributed by atoms with Gasteiger partial charge < -0.3 is 9.90 Å². The van der Waals surface area contributed by atoms with Crippen molar-refractivity contribution >= 4 is 29.2 Å². The number of halogens is 2. The van der Waals surface area contributed by atoms with Crippen molar-refractivity contribution in [2.24, 2.45) is 0 Å². The Morgan fingerprint density at radius 3 is 2.42 bits per heavy atom. The van der Waals surface area contributed by atoms with Crippen LogP contribution in [0, 0.1) is 6.92 Å². The van der Waals surface area contributed by atoms with E-state index in [1.54, 1.807) is 0 Å². The van der Waals surface area contributed by atoms with Gasteiger partial charge in [-0.05, 0) is 18.5 Å². The molecule has 12 heavy (non-hydrogen) atoms. The van der Waals surface area contributed by atoms with Gasteiger partial charge in [0.1, 0.15) is 5.15 Å². The third kappa shape index (κ3) is 1.65. The molecule has 1 aromatic heterocycles. The Balaban J connectivity index is 3.38. The van der Waals surface area contributed by atoms with Crippen molar-refractivity contribution < 1.29 is 9.90 Å². The molecule has 1 rings (SSSR count). The van der Waals surface area contributed by atoms with Crippen molar-refractivity contribution in [1.82, 2.24) is 9.97 Å². The third-order valence-electron chi connectivity index (χ3n) is 1.22. The van der Waals surface area contributed by atoms with Gasteiger partial charge in [0, 0.05) is 0 Å². The number of aromatic nitrogens is 2. The summed E-state index contributed by atoms with van der Waals surface area (Å²) in [5.74, 6) is -1.41. The van der Waals surface area contributed by atoms with Gasteiger partial charge >= 0.3 is 0 Å². The molecule has 4 nitrogen and oxygen atoms in total. The lowest BCUT2D eigenvalue weighted by atomic mass is 10.2. The topological polar surface area (TPSA) is 65.9 Å². The molecule has 0 aliphatic heterocycles. The minimum atomic E-state index is -1.41. The number of rotatable bonds is 1. The van der Waals surface area contributed by atoms with E-state index >= 15 is 0 Å². The van der Waals surface area contributed by atoms with E-state index in [4.69, 9.17) is 23.2 Å². The molecule has 0 aromatic carbocycles. The zero-order chi connectivity index (χ0) is 9.30. The summed E-state index contributed by atoms with van der Waals surface area (Å²) in [4.78, 5) is 17.5. The third-order valence-corrected chi connectivity index (χ3v) is 1.67. The summed E-state index contributed by atoms with van der Waals surface area (Å²) in [7, 11) is 0. The highest BCUT2D eigenvalue weighted by atomic mass is 35.5. The van der Waals surface area contributed by atoms with Crippen LogP contribution >= 0.6 is 23.2 Å². The number of carbonyl (C=O) groups excluding carboxylic acids is 1. The summed E-state index contributed by atoms with van der Waals surface area (Å²) < 4.78 is 0. The first-order valence-corrected chi connectivity index (χ1v) is 3.69. The summed E-state index contributed by atoms with van der Waals surface area (Å²) in [6.07, 6.45) is 0. The van der Waals surface area contributed by atoms with Gasteiger partial charge in [-0.25, -0.2) is 9.97 Å². The standard InChI is InChI=1S/C6H4Cl2N2O2/c1-2-3(5(11)12)4(7)10-6(8)9-2/h1H3,(H,11,12)/p-1. The highest BCUT2D eigenvalue weighted by Crippen LogP contribution is 2.17. The Kier molecular flexibility index (Phi) is 2.49. The van der Waals surface area contributed by atoms with Crippen LogP contribution < -0.4 is 5.11 Å². The lowest BCUT2D eigenvalue weighted by Crippen LogP contribution is -2.24. The second-order valence-electron chi connectivity index (χ2n) is 2.03. The van der Waals surface area contributed by atoms with Gasteiger partial charge in [0.05, 0.1) is 17.2 Å². The van der Waals surface area contributed by atoms with E-state index in [1.807, 2.05) is 0 Å². The smallest absolute Gasteiger partial charge is 0.224 e. The first-order valence-electron chi connectivity index (χ1n) is 2.93. The average Bonchev–Trinajstić information content (AvgIpc) is 1.82. The fourth-order valence-electron chi connectivity index (χ4n) is 0.737. The first kappa shape index (κ1) is 9.22. The van der Waals surface area contributed by atoms with Gasteiger partial charge in [-0.3, -0.25) is 0 Å². The molecule has 0 bridgehead atoms. The molecule has 0 saturated heterocycles. The predicted octanol–water partition coefficient (Wildman–Crippen LogP) is 0.455. The second kappa shape index (κ2) is 3.25. The summed E-state index contributed by atoms with van der Waals surface area (Å²) >= 11 is 10.9. The van der Waals surface area contributed by atoms with Crippen LogP contribution in [0.1, 0.15) is 16.1 Å². The molecule has 0 atom stereocenters. The van der Waals surface area contributed by atoms with Crippen LogP contribution in [0.15, 0.2) is 0 Å². The van der Waals surface area contributed by atoms with Crippen LogP contribution in [-0.2, 0) is 0 Å². The quantitative estimate of drug-likeness (QED) is 0.494. The Morgan fingerprint density at radius 2 is 2.00 bits per heavy atom. The molecule has 0 aliphatic rings. The van der Waals surface area contributed by atoms with Crippen LogP contribution in [0.2, 0.25) is 10.4 Å². The predicted molar refractivity (Wildman–Crippen MR) is 41.1 cm³/mol. The van der Waals surface area contributed by atoms with Crippen molar-refractivity contribution in [2.45, 2.75) is 6.92 Å². The molecule has 0 spiro atoms. The van der Waals surface area contributed by atoms with E-state index in [1.165, 1.54) is 6.92 Å². The van der Waals surface area contributed by atoms with E-state index in [2.05, 4.69) is 9.97 Å². The Labute approximate surface area is 78.2 Å². The fourth-order valence-corrected chi connectivity index (χ4v) is 1.29. The number of carboxylic acids is 1. The molecule has 0 unspecified atom stereocenters. The average molecular weight is 206 g/mol. The highest BCUT2D eigenvalue weighted by molar-refractivity contribution is 6.34. The van der Waals surface area contributed by atoms with Crippen molar-refractivity contribution in [2.75, 3.05) is 0 Å². The Hall–Kier alpha value is -0.870. The molecular weight excluding hydrogens is 203 g/mol. The number of hydrogen-bond acceptors (Lipinski definition) is 4. The fraction of sp³-hybridized carbons (Fsp3) is 0.167. The van der Waals surface area contributed by atoms with Crippen molar-refractivity contribution in [3.05, 3.63) is 21.7 Å². The normalized spacial score (nSPS) is 9.92. The Bertz CT molecular complexity index is 317. The largest absolute Gasteiger partial charge is 0.545 e. The number of aromatic carboxylic acids is 1. The van der Waals surface area contributed by atoms with Crippen LogP contribution in [0.5, 0.6) is 0 Å². The van der Waals surface area contributed by atoms with E-state index in [0.29, 0.717) is 0 Å². The van der Waals surface area contributed by atoms with E-state index in [9.17, 15) is 9.90 Å². The van der Waals surface area contributed by atoms with Crippen LogP contribution in [0.4, 0.5) is 0 Å². The van der Waals surface area contributed by atoms with Gasteiger partial charge in [0.15, 0.2) is 0 Å². The van der Waals surface area contributed by atoms with Gasteiger partial charge in [-0.2, -0.15) is 0 Å². The molecular formula is C6H3Cl2N2O2-. The maximum Gasteiger partial charge on any atom is 0.224 e. The van der Waals surface area contributed by atoms with E-state index < -0.39 is 5.97 Å². The Morgan fingerprint density at radius 1 is 1.42 bits per heavy atom. The lowest BCUT2D eigenvalue weighted by molar-refractivity contribution is -0.255. The van der Waals surface area contributed by atoms with Crippen molar-refractivity contribution in [3.8, 4) is 0 Å². The maximum absolute atomic E-state index is 10.4. The lowest BCUT2D eigenvalue weighted by Gasteiger charge is -2.06. The van der Waals surface area contributed by atoms with Gasteiger partial charge in [0.25, 0.3) is 0 Å². The molecule has 1 aromatic rings. The van der Waals surface area contributed by atoms with Crippen LogP contribution in [0.25, 0.3) is 0 Å². The molecule has 0 fully saturated rings. The van der Waals surface area contributed by atoms with Gasteiger partial charge in [-0.15, -0.1) is 0 Å². The first-order chi connectivity index (χ1) is 5.52. The zero-order valence-corrected chi connectivity index (χ0v) is 7.48. The molecule has 64 valence electrons. The SMILES string of the molecule is Cc1nc(Cl)nc(Cl)c1C(=O)[O-]. The minimum Gasteiger partial charge on any atom is -0.545 e. The van der Waals surface area contributed by atoms with Gasteiger partial charge in [-0.1, -0.05) is 11.6 Å². The molecule has 1 heterocycles. The number of aryl methyl sites for hydroxylation is 1. The van der Waals surface area contributed by atoms with E-state index in [-0.39, 0.29) is 21.7 Å². The van der Waals surface area contributed by atoms with E-state index in [0.717, 1.165) is 0 Å². The molecule has 0 radical (unpaired) electrons. The molecule has 0 aliphatic carbocycles. The summed E-state index contributed by atoms with van der Waals surface area (Å²) in [6.45, 7) is 1.46. The van der Waals surface area contributed by atoms with Crippen molar-refractivity contribution in [3.63, 3.8) is 0 Å². The van der Waals surface area contributed by atoms with Crippen LogP contribution in [0.3, 0.4) is 0 Å². The van der Waals surface area contributed by atoms with Crippen LogP contribution in [-0.4, -0.2) is 15.9 Å². The highest BCUT2D eigenvalue weighted by Gasteiger charge is 2.09. The summed E-state index contributed by atoms with van der Waals surface area (Å²) in [5, 5.41) is 10.2.